The number of nitrogens with one attached hydrogen (secondary N) is 1. The monoisotopic (exact) mass is 262 g/mol. The first-order valence-electron chi connectivity index (χ1n) is 6.08. The number of anilines is 1. The average Bonchev–Trinajstić information content (AvgIpc) is 2.73. The van der Waals surface area contributed by atoms with E-state index in [0.717, 1.165) is 34.5 Å². The first-order chi connectivity index (χ1) is 8.54. The molecule has 0 saturated carbocycles. The van der Waals surface area contributed by atoms with Crippen molar-refractivity contribution in [2.24, 2.45) is 5.92 Å². The standard InChI is InChI=1S/C13H18N4S/c1-8(2)7-14-13-16-12(17-18-13)11-5-9(3)15-10(4)6-11/h5-6,8H,7H2,1-4H3,(H,14,16,17). The van der Waals surface area contributed by atoms with Crippen LogP contribution in [0.4, 0.5) is 5.13 Å². The highest BCUT2D eigenvalue weighted by Gasteiger charge is 2.08. The molecule has 2 aromatic heterocycles. The number of pyridine rings is 1. The summed E-state index contributed by atoms with van der Waals surface area (Å²) in [6, 6.07) is 4.03. The highest BCUT2D eigenvalue weighted by atomic mass is 32.1. The minimum absolute atomic E-state index is 0.600. The third kappa shape index (κ3) is 3.26. The summed E-state index contributed by atoms with van der Waals surface area (Å²) >= 11 is 1.41. The minimum atomic E-state index is 0.600. The van der Waals surface area contributed by atoms with E-state index in [4.69, 9.17) is 0 Å². The quantitative estimate of drug-likeness (QED) is 0.918. The zero-order valence-electron chi connectivity index (χ0n) is 11.2. The minimum Gasteiger partial charge on any atom is -0.360 e. The maximum Gasteiger partial charge on any atom is 0.202 e. The van der Waals surface area contributed by atoms with E-state index >= 15 is 0 Å². The van der Waals surface area contributed by atoms with Gasteiger partial charge in [0.05, 0.1) is 0 Å². The van der Waals surface area contributed by atoms with Crippen molar-refractivity contribution in [3.05, 3.63) is 23.5 Å². The van der Waals surface area contributed by atoms with Gasteiger partial charge in [-0.25, -0.2) is 0 Å². The van der Waals surface area contributed by atoms with Crippen molar-refractivity contribution in [2.45, 2.75) is 27.7 Å². The lowest BCUT2D eigenvalue weighted by Crippen LogP contribution is -2.07. The van der Waals surface area contributed by atoms with Gasteiger partial charge >= 0.3 is 0 Å². The predicted molar refractivity (Wildman–Crippen MR) is 75.9 cm³/mol. The normalized spacial score (nSPS) is 10.9. The smallest absolute Gasteiger partial charge is 0.202 e. The van der Waals surface area contributed by atoms with Gasteiger partial charge in [-0.1, -0.05) is 13.8 Å². The second-order valence-corrected chi connectivity index (χ2v) is 5.59. The zero-order chi connectivity index (χ0) is 13.1. The Bertz CT molecular complexity index is 513. The molecule has 0 unspecified atom stereocenters. The van der Waals surface area contributed by atoms with Gasteiger partial charge in [-0.2, -0.15) is 9.36 Å². The third-order valence-corrected chi connectivity index (χ3v) is 3.10. The molecular weight excluding hydrogens is 244 g/mol. The lowest BCUT2D eigenvalue weighted by Gasteiger charge is -2.04. The Balaban J connectivity index is 2.18. The molecule has 2 aromatic rings. The summed E-state index contributed by atoms with van der Waals surface area (Å²) in [6.45, 7) is 9.24. The lowest BCUT2D eigenvalue weighted by molar-refractivity contribution is 0.688. The first kappa shape index (κ1) is 13.0. The van der Waals surface area contributed by atoms with E-state index < -0.39 is 0 Å². The molecule has 0 fully saturated rings. The summed E-state index contributed by atoms with van der Waals surface area (Å²) < 4.78 is 4.39. The number of hydrogen-bond acceptors (Lipinski definition) is 5. The molecule has 96 valence electrons. The fourth-order valence-electron chi connectivity index (χ4n) is 1.67. The van der Waals surface area contributed by atoms with Gasteiger partial charge in [0.2, 0.25) is 5.13 Å². The fraction of sp³-hybridized carbons (Fsp3) is 0.462. The Labute approximate surface area is 112 Å². The molecule has 0 aliphatic heterocycles. The Morgan fingerprint density at radius 1 is 1.17 bits per heavy atom. The van der Waals surface area contributed by atoms with Crippen LogP contribution in [0.3, 0.4) is 0 Å². The number of aryl methyl sites for hydroxylation is 2. The highest BCUT2D eigenvalue weighted by molar-refractivity contribution is 7.09. The van der Waals surface area contributed by atoms with E-state index in [1.165, 1.54) is 11.5 Å². The SMILES string of the molecule is Cc1cc(-c2nsc(NCC(C)C)n2)cc(C)n1. The number of aromatic nitrogens is 3. The lowest BCUT2D eigenvalue weighted by atomic mass is 10.2. The maximum atomic E-state index is 4.50. The van der Waals surface area contributed by atoms with Gasteiger partial charge in [0, 0.05) is 35.0 Å². The first-order valence-corrected chi connectivity index (χ1v) is 6.85. The predicted octanol–water partition coefficient (Wildman–Crippen LogP) is 3.28. The fourth-order valence-corrected chi connectivity index (χ4v) is 2.26. The molecule has 2 rings (SSSR count). The summed E-state index contributed by atoms with van der Waals surface area (Å²) in [4.78, 5) is 8.86. The molecule has 0 aliphatic carbocycles. The van der Waals surface area contributed by atoms with Gasteiger partial charge in [-0.15, -0.1) is 0 Å². The Kier molecular flexibility index (Phi) is 3.91. The van der Waals surface area contributed by atoms with Crippen LogP contribution in [0.2, 0.25) is 0 Å². The Morgan fingerprint density at radius 3 is 2.44 bits per heavy atom. The molecule has 0 atom stereocenters. The summed E-state index contributed by atoms with van der Waals surface area (Å²) in [5.41, 5.74) is 3.03. The van der Waals surface area contributed by atoms with E-state index in [0.29, 0.717) is 5.92 Å². The van der Waals surface area contributed by atoms with E-state index in [1.54, 1.807) is 0 Å². The van der Waals surface area contributed by atoms with Gasteiger partial charge in [0.25, 0.3) is 0 Å². The molecule has 0 spiro atoms. The molecule has 0 radical (unpaired) electrons. The topological polar surface area (TPSA) is 50.7 Å². The third-order valence-electron chi connectivity index (χ3n) is 2.43. The van der Waals surface area contributed by atoms with Crippen LogP contribution in [0.25, 0.3) is 11.4 Å². The molecule has 0 aliphatic rings. The second kappa shape index (κ2) is 5.44. The maximum absolute atomic E-state index is 4.50. The van der Waals surface area contributed by atoms with Crippen molar-refractivity contribution in [2.75, 3.05) is 11.9 Å². The summed E-state index contributed by atoms with van der Waals surface area (Å²) in [6.07, 6.45) is 0. The second-order valence-electron chi connectivity index (χ2n) is 4.84. The molecule has 0 aromatic carbocycles. The molecule has 0 bridgehead atoms. The van der Waals surface area contributed by atoms with E-state index in [2.05, 4.69) is 33.5 Å². The number of nitrogens with zero attached hydrogens (tertiary/aromatic N) is 3. The molecule has 5 heteroatoms. The van der Waals surface area contributed by atoms with Crippen molar-refractivity contribution in [1.29, 1.82) is 0 Å². The Morgan fingerprint density at radius 2 is 1.83 bits per heavy atom. The van der Waals surface area contributed by atoms with Crippen LogP contribution < -0.4 is 5.32 Å². The van der Waals surface area contributed by atoms with Crippen molar-refractivity contribution < 1.29 is 0 Å². The summed E-state index contributed by atoms with van der Waals surface area (Å²) in [7, 11) is 0. The average molecular weight is 262 g/mol. The molecule has 18 heavy (non-hydrogen) atoms. The van der Waals surface area contributed by atoms with Crippen LogP contribution in [0, 0.1) is 19.8 Å². The summed E-state index contributed by atoms with van der Waals surface area (Å²) in [5, 5.41) is 4.17. The van der Waals surface area contributed by atoms with E-state index in [-0.39, 0.29) is 0 Å². The molecule has 0 saturated heterocycles. The van der Waals surface area contributed by atoms with Crippen LogP contribution in [0.5, 0.6) is 0 Å². The van der Waals surface area contributed by atoms with Crippen molar-refractivity contribution >= 4 is 16.7 Å². The van der Waals surface area contributed by atoms with Crippen LogP contribution >= 0.6 is 11.5 Å². The number of hydrogen-bond donors (Lipinski definition) is 1. The highest BCUT2D eigenvalue weighted by Crippen LogP contribution is 2.22. The molecule has 2 heterocycles. The van der Waals surface area contributed by atoms with Gasteiger partial charge in [0.1, 0.15) is 0 Å². The van der Waals surface area contributed by atoms with Crippen molar-refractivity contribution in [1.82, 2.24) is 14.3 Å². The largest absolute Gasteiger partial charge is 0.360 e. The van der Waals surface area contributed by atoms with Gasteiger partial charge in [-0.05, 0) is 31.9 Å². The molecular formula is C13H18N4S. The Hall–Kier alpha value is -1.49. The van der Waals surface area contributed by atoms with Crippen molar-refractivity contribution in [3.8, 4) is 11.4 Å². The van der Waals surface area contributed by atoms with Gasteiger partial charge in [0.15, 0.2) is 5.82 Å². The van der Waals surface area contributed by atoms with Crippen LogP contribution in [-0.2, 0) is 0 Å². The van der Waals surface area contributed by atoms with Crippen LogP contribution in [0.1, 0.15) is 25.2 Å². The molecule has 0 amide bonds. The number of rotatable bonds is 4. The van der Waals surface area contributed by atoms with Crippen LogP contribution in [-0.4, -0.2) is 20.9 Å². The van der Waals surface area contributed by atoms with E-state index in [9.17, 15) is 0 Å². The summed E-state index contributed by atoms with van der Waals surface area (Å²) in [5.74, 6) is 1.38. The molecule has 4 nitrogen and oxygen atoms in total. The van der Waals surface area contributed by atoms with Crippen molar-refractivity contribution in [3.63, 3.8) is 0 Å². The molecule has 1 N–H and O–H groups in total. The zero-order valence-corrected chi connectivity index (χ0v) is 12.0. The van der Waals surface area contributed by atoms with Crippen LogP contribution in [0.15, 0.2) is 12.1 Å². The van der Waals surface area contributed by atoms with Gasteiger partial charge < -0.3 is 5.32 Å². The van der Waals surface area contributed by atoms with E-state index in [1.807, 2.05) is 26.0 Å². The van der Waals surface area contributed by atoms with Gasteiger partial charge in [-0.3, -0.25) is 4.98 Å².